The fourth-order valence-corrected chi connectivity index (χ4v) is 1.44. The van der Waals surface area contributed by atoms with E-state index < -0.39 is 0 Å². The predicted octanol–water partition coefficient (Wildman–Crippen LogP) is 2.64. The van der Waals surface area contributed by atoms with Gasteiger partial charge in [-0.2, -0.15) is 5.26 Å². The largest absolute Gasteiger partial charge is 0.437 e. The Balaban J connectivity index is 2.34. The van der Waals surface area contributed by atoms with Crippen molar-refractivity contribution in [2.75, 3.05) is 5.73 Å². The van der Waals surface area contributed by atoms with Crippen LogP contribution in [0, 0.1) is 18.3 Å². The number of hydrogen-bond acceptors (Lipinski definition) is 4. The van der Waals surface area contributed by atoms with Crippen molar-refractivity contribution < 1.29 is 4.74 Å². The van der Waals surface area contributed by atoms with Crippen LogP contribution in [0.3, 0.4) is 0 Å². The van der Waals surface area contributed by atoms with Crippen molar-refractivity contribution in [3.8, 4) is 17.7 Å². The number of nitriles is 1. The quantitative estimate of drug-likeness (QED) is 0.797. The van der Waals surface area contributed by atoms with Crippen molar-refractivity contribution in [1.29, 1.82) is 5.26 Å². The molecule has 84 valence electrons. The average molecular weight is 225 g/mol. The van der Waals surface area contributed by atoms with Crippen LogP contribution >= 0.6 is 0 Å². The molecule has 1 aromatic carbocycles. The van der Waals surface area contributed by atoms with Gasteiger partial charge in [-0.3, -0.25) is 0 Å². The summed E-state index contributed by atoms with van der Waals surface area (Å²) >= 11 is 0. The molecular formula is C13H11N3O. The minimum atomic E-state index is 0.374. The Morgan fingerprint density at radius 2 is 2.06 bits per heavy atom. The summed E-state index contributed by atoms with van der Waals surface area (Å²) in [5.41, 5.74) is 7.54. The molecule has 17 heavy (non-hydrogen) atoms. The molecule has 0 saturated carbocycles. The van der Waals surface area contributed by atoms with Crippen LogP contribution in [0.4, 0.5) is 5.69 Å². The Morgan fingerprint density at radius 3 is 2.76 bits per heavy atom. The number of hydrogen-bond donors (Lipinski definition) is 1. The fraction of sp³-hybridized carbons (Fsp3) is 0.0769. The third-order valence-electron chi connectivity index (χ3n) is 2.19. The van der Waals surface area contributed by atoms with E-state index in [9.17, 15) is 0 Å². The van der Waals surface area contributed by atoms with E-state index in [2.05, 4.69) is 11.1 Å². The number of nitrogen functional groups attached to an aromatic ring is 1. The van der Waals surface area contributed by atoms with Gasteiger partial charge < -0.3 is 10.5 Å². The highest BCUT2D eigenvalue weighted by Crippen LogP contribution is 2.26. The Kier molecular flexibility index (Phi) is 2.93. The molecule has 0 aliphatic rings. The van der Waals surface area contributed by atoms with Crippen molar-refractivity contribution >= 4 is 5.69 Å². The molecule has 0 atom stereocenters. The van der Waals surface area contributed by atoms with E-state index in [-0.39, 0.29) is 0 Å². The summed E-state index contributed by atoms with van der Waals surface area (Å²) in [6.45, 7) is 1.81. The first-order valence-electron chi connectivity index (χ1n) is 5.10. The molecular weight excluding hydrogens is 214 g/mol. The van der Waals surface area contributed by atoms with Gasteiger partial charge in [-0.1, -0.05) is 12.1 Å². The lowest BCUT2D eigenvalue weighted by atomic mass is 10.2. The molecule has 0 unspecified atom stereocenters. The SMILES string of the molecule is Cc1cc(C#N)cc(Oc2ccccc2N)n1. The summed E-state index contributed by atoms with van der Waals surface area (Å²) in [6, 6.07) is 12.5. The van der Waals surface area contributed by atoms with Crippen LogP contribution in [0.5, 0.6) is 11.6 Å². The van der Waals surface area contributed by atoms with E-state index in [1.54, 1.807) is 24.3 Å². The molecule has 0 aliphatic carbocycles. The second-order valence-electron chi connectivity index (χ2n) is 3.59. The van der Waals surface area contributed by atoms with Crippen molar-refractivity contribution in [3.05, 3.63) is 47.7 Å². The summed E-state index contributed by atoms with van der Waals surface area (Å²) < 4.78 is 5.55. The van der Waals surface area contributed by atoms with Gasteiger partial charge in [0.15, 0.2) is 5.75 Å². The van der Waals surface area contributed by atoms with Crippen LogP contribution in [0.1, 0.15) is 11.3 Å². The molecule has 1 aromatic heterocycles. The molecule has 2 N–H and O–H groups in total. The van der Waals surface area contributed by atoms with E-state index >= 15 is 0 Å². The predicted molar refractivity (Wildman–Crippen MR) is 64.6 cm³/mol. The fourth-order valence-electron chi connectivity index (χ4n) is 1.44. The molecule has 0 saturated heterocycles. The molecule has 0 bridgehead atoms. The normalized spacial score (nSPS) is 9.65. The minimum Gasteiger partial charge on any atom is -0.437 e. The second-order valence-corrected chi connectivity index (χ2v) is 3.59. The highest BCUT2D eigenvalue weighted by Gasteiger charge is 2.04. The summed E-state index contributed by atoms with van der Waals surface area (Å²) in [4.78, 5) is 4.19. The van der Waals surface area contributed by atoms with E-state index in [1.165, 1.54) is 0 Å². The first-order valence-corrected chi connectivity index (χ1v) is 5.10. The lowest BCUT2D eigenvalue weighted by Gasteiger charge is -2.07. The average Bonchev–Trinajstić information content (AvgIpc) is 2.31. The Bertz CT molecular complexity index is 587. The monoisotopic (exact) mass is 225 g/mol. The van der Waals surface area contributed by atoms with Gasteiger partial charge >= 0.3 is 0 Å². The molecule has 0 radical (unpaired) electrons. The number of nitrogens with zero attached hydrogens (tertiary/aromatic N) is 2. The maximum atomic E-state index is 8.85. The number of benzene rings is 1. The van der Waals surface area contributed by atoms with Crippen molar-refractivity contribution in [3.63, 3.8) is 0 Å². The Labute approximate surface area is 99.3 Å². The topological polar surface area (TPSA) is 71.9 Å². The number of anilines is 1. The van der Waals surface area contributed by atoms with Crippen LogP contribution in [0.15, 0.2) is 36.4 Å². The molecule has 1 heterocycles. The number of pyridine rings is 1. The van der Waals surface area contributed by atoms with Gasteiger partial charge in [0.2, 0.25) is 5.88 Å². The summed E-state index contributed by atoms with van der Waals surface area (Å²) in [7, 11) is 0. The number of aryl methyl sites for hydroxylation is 1. The van der Waals surface area contributed by atoms with Crippen LogP contribution in [-0.2, 0) is 0 Å². The van der Waals surface area contributed by atoms with Crippen LogP contribution in [0.2, 0.25) is 0 Å². The van der Waals surface area contributed by atoms with Crippen LogP contribution in [0.25, 0.3) is 0 Å². The standard InChI is InChI=1S/C13H11N3O/c1-9-6-10(8-14)7-13(16-9)17-12-5-3-2-4-11(12)15/h2-7H,15H2,1H3. The smallest absolute Gasteiger partial charge is 0.220 e. The van der Waals surface area contributed by atoms with Gasteiger partial charge in [-0.25, -0.2) is 4.98 Å². The number of ether oxygens (including phenoxy) is 1. The van der Waals surface area contributed by atoms with Gasteiger partial charge in [-0.15, -0.1) is 0 Å². The Morgan fingerprint density at radius 1 is 1.29 bits per heavy atom. The number of nitrogens with two attached hydrogens (primary N) is 1. The van der Waals surface area contributed by atoms with Crippen LogP contribution < -0.4 is 10.5 Å². The third-order valence-corrected chi connectivity index (χ3v) is 2.19. The van der Waals surface area contributed by atoms with E-state index in [0.717, 1.165) is 5.69 Å². The van der Waals surface area contributed by atoms with Gasteiger partial charge in [0.05, 0.1) is 17.3 Å². The van der Waals surface area contributed by atoms with Gasteiger partial charge in [0, 0.05) is 11.8 Å². The minimum absolute atomic E-state index is 0.374. The first kappa shape index (κ1) is 11.0. The van der Waals surface area contributed by atoms with Gasteiger partial charge in [-0.05, 0) is 25.1 Å². The summed E-state index contributed by atoms with van der Waals surface area (Å²) in [5, 5.41) is 8.85. The highest BCUT2D eigenvalue weighted by molar-refractivity contribution is 5.53. The zero-order valence-corrected chi connectivity index (χ0v) is 9.34. The number of aromatic nitrogens is 1. The molecule has 4 heteroatoms. The van der Waals surface area contributed by atoms with E-state index in [1.807, 2.05) is 19.1 Å². The van der Waals surface area contributed by atoms with Crippen molar-refractivity contribution in [1.82, 2.24) is 4.98 Å². The number of para-hydroxylation sites is 2. The Hall–Kier alpha value is -2.54. The zero-order valence-electron chi connectivity index (χ0n) is 9.34. The molecule has 0 amide bonds. The van der Waals surface area contributed by atoms with Crippen molar-refractivity contribution in [2.45, 2.75) is 6.92 Å². The van der Waals surface area contributed by atoms with Gasteiger partial charge in [0.25, 0.3) is 0 Å². The maximum absolute atomic E-state index is 8.85. The molecule has 2 aromatic rings. The molecule has 0 aliphatic heterocycles. The number of rotatable bonds is 2. The molecule has 0 fully saturated rings. The zero-order chi connectivity index (χ0) is 12.3. The summed E-state index contributed by atoms with van der Waals surface area (Å²) in [6.07, 6.45) is 0. The lowest BCUT2D eigenvalue weighted by Crippen LogP contribution is -1.95. The third kappa shape index (κ3) is 2.52. The van der Waals surface area contributed by atoms with E-state index in [0.29, 0.717) is 22.9 Å². The molecule has 0 spiro atoms. The summed E-state index contributed by atoms with van der Waals surface area (Å²) in [5.74, 6) is 0.911. The second kappa shape index (κ2) is 4.54. The van der Waals surface area contributed by atoms with Crippen LogP contribution in [-0.4, -0.2) is 4.98 Å². The highest BCUT2D eigenvalue weighted by atomic mass is 16.5. The van der Waals surface area contributed by atoms with E-state index in [4.69, 9.17) is 15.7 Å². The molecule has 2 rings (SSSR count). The lowest BCUT2D eigenvalue weighted by molar-refractivity contribution is 0.463. The molecule has 4 nitrogen and oxygen atoms in total. The first-order chi connectivity index (χ1) is 8.19. The van der Waals surface area contributed by atoms with Gasteiger partial charge in [0.1, 0.15) is 0 Å². The van der Waals surface area contributed by atoms with Crippen molar-refractivity contribution in [2.24, 2.45) is 0 Å². The maximum Gasteiger partial charge on any atom is 0.220 e.